The van der Waals surface area contributed by atoms with Gasteiger partial charge < -0.3 is 4.90 Å². The van der Waals surface area contributed by atoms with Crippen LogP contribution in [-0.2, 0) is 19.1 Å². The van der Waals surface area contributed by atoms with Gasteiger partial charge in [-0.15, -0.1) is 10.2 Å². The molecule has 1 fully saturated rings. The Morgan fingerprint density at radius 2 is 1.91 bits per heavy atom. The van der Waals surface area contributed by atoms with Gasteiger partial charge in [-0.05, 0) is 0 Å². The summed E-state index contributed by atoms with van der Waals surface area (Å²) >= 11 is 0.590. The smallest absolute Gasteiger partial charge is 0.344 e. The maximum Gasteiger partial charge on any atom is 0.445 e. The van der Waals surface area contributed by atoms with Crippen LogP contribution in [0.2, 0.25) is 0 Å². The number of alkyl halides is 3. The van der Waals surface area contributed by atoms with Crippen molar-refractivity contribution < 1.29 is 13.2 Å². The number of halogens is 3. The van der Waals surface area contributed by atoms with Gasteiger partial charge in [0.25, 0.3) is 0 Å². The molecule has 7 nitrogen and oxygen atoms in total. The van der Waals surface area contributed by atoms with Crippen molar-refractivity contribution in [3.05, 3.63) is 16.7 Å². The first-order valence-electron chi connectivity index (χ1n) is 7.24. The summed E-state index contributed by atoms with van der Waals surface area (Å²) in [5, 5.41) is 13.3. The van der Waals surface area contributed by atoms with Crippen LogP contribution in [0.25, 0.3) is 0 Å². The fraction of sp³-hybridized carbons (Fsp3) is 0.667. The number of aromatic nitrogens is 5. The van der Waals surface area contributed by atoms with Crippen molar-refractivity contribution in [3.63, 3.8) is 0 Å². The standard InChI is InChI=1S/C12H16F3N7S/c1-2-8-16-9(18-17-8)7-21-3-5-22(6-4-21)11-20-19-10(23-11)12(13,14)15/h2-7H2,1H3,(H,16,17,18). The minimum Gasteiger partial charge on any atom is -0.344 e. The number of aryl methyl sites for hydroxylation is 1. The number of hydrogen-bond acceptors (Lipinski definition) is 7. The molecular weight excluding hydrogens is 331 g/mol. The molecule has 1 aliphatic rings. The van der Waals surface area contributed by atoms with E-state index in [4.69, 9.17) is 0 Å². The van der Waals surface area contributed by atoms with Crippen molar-refractivity contribution in [2.75, 3.05) is 31.1 Å². The highest BCUT2D eigenvalue weighted by molar-refractivity contribution is 7.15. The lowest BCUT2D eigenvalue weighted by atomic mass is 10.3. The number of aromatic amines is 1. The first kappa shape index (κ1) is 16.1. The molecule has 11 heteroatoms. The number of hydrogen-bond donors (Lipinski definition) is 1. The number of H-pyrrole nitrogens is 1. The van der Waals surface area contributed by atoms with E-state index in [0.29, 0.717) is 36.1 Å². The number of piperazine rings is 1. The molecule has 0 amide bonds. The second-order valence-corrected chi connectivity index (χ2v) is 6.16. The molecule has 23 heavy (non-hydrogen) atoms. The molecule has 0 radical (unpaired) electrons. The lowest BCUT2D eigenvalue weighted by Gasteiger charge is -2.33. The van der Waals surface area contributed by atoms with E-state index in [9.17, 15) is 13.2 Å². The highest BCUT2D eigenvalue weighted by atomic mass is 32.1. The largest absolute Gasteiger partial charge is 0.445 e. The molecule has 1 saturated heterocycles. The molecule has 0 aromatic carbocycles. The second-order valence-electron chi connectivity index (χ2n) is 5.20. The Hall–Kier alpha value is -1.75. The molecule has 0 unspecified atom stereocenters. The molecule has 0 atom stereocenters. The van der Waals surface area contributed by atoms with Crippen molar-refractivity contribution in [1.82, 2.24) is 30.3 Å². The lowest BCUT2D eigenvalue weighted by Crippen LogP contribution is -2.46. The van der Waals surface area contributed by atoms with Crippen molar-refractivity contribution in [2.24, 2.45) is 0 Å². The molecule has 0 spiro atoms. The quantitative estimate of drug-likeness (QED) is 0.905. The van der Waals surface area contributed by atoms with Gasteiger partial charge in [0.15, 0.2) is 0 Å². The zero-order valence-electron chi connectivity index (χ0n) is 12.5. The third kappa shape index (κ3) is 3.78. The van der Waals surface area contributed by atoms with E-state index in [0.717, 1.165) is 31.2 Å². The second kappa shape index (κ2) is 6.40. The topological polar surface area (TPSA) is 73.8 Å². The monoisotopic (exact) mass is 347 g/mol. The first-order valence-corrected chi connectivity index (χ1v) is 8.05. The molecule has 1 aliphatic heterocycles. The van der Waals surface area contributed by atoms with Gasteiger partial charge in [0.1, 0.15) is 11.6 Å². The zero-order valence-corrected chi connectivity index (χ0v) is 13.3. The van der Waals surface area contributed by atoms with E-state index in [1.165, 1.54) is 0 Å². The van der Waals surface area contributed by atoms with Crippen LogP contribution in [0.3, 0.4) is 0 Å². The molecule has 0 saturated carbocycles. The number of rotatable bonds is 4. The highest BCUT2D eigenvalue weighted by Crippen LogP contribution is 2.34. The lowest BCUT2D eigenvalue weighted by molar-refractivity contribution is -0.138. The van der Waals surface area contributed by atoms with Gasteiger partial charge >= 0.3 is 6.18 Å². The molecule has 0 aliphatic carbocycles. The highest BCUT2D eigenvalue weighted by Gasteiger charge is 2.36. The van der Waals surface area contributed by atoms with Crippen molar-refractivity contribution in [1.29, 1.82) is 0 Å². The van der Waals surface area contributed by atoms with Gasteiger partial charge in [-0.2, -0.15) is 18.3 Å². The molecule has 2 aromatic heterocycles. The van der Waals surface area contributed by atoms with Gasteiger partial charge in [-0.3, -0.25) is 10.00 Å². The summed E-state index contributed by atoms with van der Waals surface area (Å²) < 4.78 is 37.7. The minimum atomic E-state index is -4.43. The van der Waals surface area contributed by atoms with Crippen LogP contribution in [0.4, 0.5) is 18.3 Å². The van der Waals surface area contributed by atoms with Gasteiger partial charge in [0.05, 0.1) is 6.54 Å². The molecule has 3 heterocycles. The normalized spacial score (nSPS) is 17.0. The number of anilines is 1. The predicted octanol–water partition coefficient (Wildman–Crippen LogP) is 1.56. The van der Waals surface area contributed by atoms with E-state index in [2.05, 4.69) is 30.3 Å². The van der Waals surface area contributed by atoms with Gasteiger partial charge in [0.2, 0.25) is 10.1 Å². The Balaban J connectivity index is 1.55. The van der Waals surface area contributed by atoms with Gasteiger partial charge in [-0.1, -0.05) is 18.3 Å². The van der Waals surface area contributed by atoms with Crippen LogP contribution >= 0.6 is 11.3 Å². The van der Waals surface area contributed by atoms with E-state index >= 15 is 0 Å². The van der Waals surface area contributed by atoms with Crippen LogP contribution < -0.4 is 4.90 Å². The van der Waals surface area contributed by atoms with E-state index in [-0.39, 0.29) is 0 Å². The van der Waals surface area contributed by atoms with Crippen LogP contribution in [0.1, 0.15) is 23.6 Å². The number of nitrogens with one attached hydrogen (secondary N) is 1. The zero-order chi connectivity index (χ0) is 16.4. The average molecular weight is 347 g/mol. The maximum atomic E-state index is 12.6. The van der Waals surface area contributed by atoms with Crippen molar-refractivity contribution in [3.8, 4) is 0 Å². The van der Waals surface area contributed by atoms with Crippen molar-refractivity contribution in [2.45, 2.75) is 26.1 Å². The Bertz CT molecular complexity index is 645. The maximum absolute atomic E-state index is 12.6. The summed E-state index contributed by atoms with van der Waals surface area (Å²) in [5.74, 6) is 1.60. The third-order valence-corrected chi connectivity index (χ3v) is 4.60. The summed E-state index contributed by atoms with van der Waals surface area (Å²) in [6.45, 7) is 5.32. The van der Waals surface area contributed by atoms with E-state index in [1.807, 2.05) is 11.8 Å². The van der Waals surface area contributed by atoms with Gasteiger partial charge in [-0.25, -0.2) is 4.98 Å². The minimum absolute atomic E-state index is 0.324. The average Bonchev–Trinajstić information content (AvgIpc) is 3.16. The molecule has 0 bridgehead atoms. The summed E-state index contributed by atoms with van der Waals surface area (Å²) in [5.41, 5.74) is 0. The van der Waals surface area contributed by atoms with Crippen LogP contribution in [0, 0.1) is 0 Å². The van der Waals surface area contributed by atoms with Crippen molar-refractivity contribution >= 4 is 16.5 Å². The van der Waals surface area contributed by atoms with E-state index in [1.54, 1.807) is 0 Å². The van der Waals surface area contributed by atoms with Gasteiger partial charge in [0, 0.05) is 32.6 Å². The fourth-order valence-corrected chi connectivity index (χ4v) is 3.09. The van der Waals surface area contributed by atoms with Crippen LogP contribution in [0.5, 0.6) is 0 Å². The molecule has 126 valence electrons. The third-order valence-electron chi connectivity index (χ3n) is 3.57. The summed E-state index contributed by atoms with van der Waals surface area (Å²) in [6.07, 6.45) is -3.65. The molecule has 1 N–H and O–H groups in total. The Kier molecular flexibility index (Phi) is 4.48. The van der Waals surface area contributed by atoms with Crippen LogP contribution in [-0.4, -0.2) is 56.5 Å². The number of nitrogens with zero attached hydrogens (tertiary/aromatic N) is 6. The Morgan fingerprint density at radius 3 is 2.48 bits per heavy atom. The summed E-state index contributed by atoms with van der Waals surface area (Å²) in [6, 6.07) is 0. The molecule has 3 rings (SSSR count). The Labute approximate surface area is 134 Å². The van der Waals surface area contributed by atoms with Crippen LogP contribution in [0.15, 0.2) is 0 Å². The summed E-state index contributed by atoms with van der Waals surface area (Å²) in [4.78, 5) is 8.38. The predicted molar refractivity (Wildman–Crippen MR) is 78.2 cm³/mol. The SMILES string of the molecule is CCc1n[nH]c(CN2CCN(c3nnc(C(F)(F)F)s3)CC2)n1. The van der Waals surface area contributed by atoms with E-state index < -0.39 is 11.2 Å². The first-order chi connectivity index (χ1) is 11.0. The molecule has 2 aromatic rings. The Morgan fingerprint density at radius 1 is 1.17 bits per heavy atom. The summed E-state index contributed by atoms with van der Waals surface area (Å²) in [7, 11) is 0. The fourth-order valence-electron chi connectivity index (χ4n) is 2.33. The molecular formula is C12H16F3N7S.